The third kappa shape index (κ3) is 19.3. The molecule has 1 aliphatic rings. The van der Waals surface area contributed by atoms with Gasteiger partial charge in [-0.3, -0.25) is 14.4 Å². The number of carbonyl (C=O) groups excluding carboxylic acids is 3. The van der Waals surface area contributed by atoms with E-state index in [4.69, 9.17) is 9.47 Å². The van der Waals surface area contributed by atoms with Crippen molar-refractivity contribution >= 4 is 17.7 Å². The molecule has 0 bridgehead atoms. The monoisotopic (exact) mass is 610 g/mol. The molecular formula is C35H62O8. The van der Waals surface area contributed by atoms with Gasteiger partial charge in [-0.15, -0.1) is 0 Å². The lowest BCUT2D eigenvalue weighted by Crippen LogP contribution is -2.28. The van der Waals surface area contributed by atoms with Gasteiger partial charge in [-0.2, -0.15) is 0 Å². The molecule has 0 aromatic heterocycles. The number of allylic oxidation sites excluding steroid dienone is 1. The van der Waals surface area contributed by atoms with E-state index in [2.05, 4.69) is 20.8 Å². The minimum atomic E-state index is -0.840. The Morgan fingerprint density at radius 2 is 1.49 bits per heavy atom. The van der Waals surface area contributed by atoms with Crippen molar-refractivity contribution in [2.24, 2.45) is 17.8 Å². The van der Waals surface area contributed by atoms with Crippen LogP contribution >= 0.6 is 0 Å². The predicted octanol–water partition coefficient (Wildman–Crippen LogP) is 6.61. The normalized spacial score (nSPS) is 20.2. The maximum Gasteiger partial charge on any atom is 0.306 e. The molecule has 8 nitrogen and oxygen atoms in total. The first kappa shape index (κ1) is 39.3. The summed E-state index contributed by atoms with van der Waals surface area (Å²) in [5.74, 6) is -0.443. The van der Waals surface area contributed by atoms with Crippen molar-refractivity contribution in [3.63, 3.8) is 0 Å². The first-order valence-electron chi connectivity index (χ1n) is 17.2. The molecule has 1 fully saturated rings. The van der Waals surface area contributed by atoms with Crippen LogP contribution in [0.1, 0.15) is 143 Å². The zero-order valence-corrected chi connectivity index (χ0v) is 27.4. The average molecular weight is 611 g/mol. The fourth-order valence-corrected chi connectivity index (χ4v) is 5.70. The molecule has 1 saturated carbocycles. The van der Waals surface area contributed by atoms with Gasteiger partial charge >= 0.3 is 11.9 Å². The molecule has 0 heterocycles. The number of unbranched alkanes of at least 4 members (excludes halogenated alkanes) is 10. The number of aliphatic hydroxyl groups excluding tert-OH is 3. The highest BCUT2D eigenvalue weighted by molar-refractivity contribution is 5.86. The molecular weight excluding hydrogens is 548 g/mol. The fraction of sp³-hybridized carbons (Fsp3) is 0.857. The molecule has 1 rings (SSSR count). The van der Waals surface area contributed by atoms with E-state index in [0.29, 0.717) is 19.3 Å². The smallest absolute Gasteiger partial charge is 0.306 e. The molecule has 0 radical (unpaired) electrons. The van der Waals surface area contributed by atoms with Crippen molar-refractivity contribution in [2.45, 2.75) is 161 Å². The summed E-state index contributed by atoms with van der Waals surface area (Å²) in [6.07, 6.45) is 17.7. The van der Waals surface area contributed by atoms with Crippen LogP contribution in [0.2, 0.25) is 0 Å². The Hall–Kier alpha value is -1.77. The standard InChI is InChI=1S/C35H62O8/c1-4-5-12-18-28(37)22-23-31-30(32(38)24-33(31)39)19-14-10-11-15-20-34(40)42-26-29(25-36)43-35(41)21-16-9-7-6-8-13-17-27(2)3/h22-23,27-32,36-38H,4-21,24-26H2,1-3H3/b23-22+/t28-,29-,30+,31+,32-/m0/s1. The molecule has 0 unspecified atom stereocenters. The van der Waals surface area contributed by atoms with Gasteiger partial charge in [-0.05, 0) is 37.5 Å². The van der Waals surface area contributed by atoms with Crippen LogP contribution in [0.15, 0.2) is 12.2 Å². The van der Waals surface area contributed by atoms with Crippen molar-refractivity contribution < 1.29 is 39.2 Å². The Morgan fingerprint density at radius 1 is 0.884 bits per heavy atom. The first-order valence-corrected chi connectivity index (χ1v) is 17.2. The van der Waals surface area contributed by atoms with Gasteiger partial charge in [0.1, 0.15) is 12.4 Å². The molecule has 0 amide bonds. The molecule has 0 aromatic carbocycles. The number of carbonyl (C=O) groups is 3. The van der Waals surface area contributed by atoms with Gasteiger partial charge in [-0.25, -0.2) is 0 Å². The minimum absolute atomic E-state index is 0.0343. The van der Waals surface area contributed by atoms with Gasteiger partial charge < -0.3 is 24.8 Å². The van der Waals surface area contributed by atoms with Gasteiger partial charge in [0, 0.05) is 25.2 Å². The van der Waals surface area contributed by atoms with E-state index in [1.54, 1.807) is 12.2 Å². The largest absolute Gasteiger partial charge is 0.462 e. The van der Waals surface area contributed by atoms with E-state index in [1.807, 2.05) is 0 Å². The summed E-state index contributed by atoms with van der Waals surface area (Å²) in [7, 11) is 0. The molecule has 0 saturated heterocycles. The summed E-state index contributed by atoms with van der Waals surface area (Å²) in [5, 5.41) is 30.1. The number of aliphatic hydroxyl groups is 3. The van der Waals surface area contributed by atoms with Crippen LogP contribution in [0.25, 0.3) is 0 Å². The van der Waals surface area contributed by atoms with Gasteiger partial charge in [0.25, 0.3) is 0 Å². The summed E-state index contributed by atoms with van der Waals surface area (Å²) < 4.78 is 10.5. The zero-order valence-electron chi connectivity index (χ0n) is 27.4. The van der Waals surface area contributed by atoms with E-state index in [9.17, 15) is 29.7 Å². The van der Waals surface area contributed by atoms with E-state index in [1.165, 1.54) is 25.7 Å². The van der Waals surface area contributed by atoms with Crippen LogP contribution in [0, 0.1) is 17.8 Å². The quantitative estimate of drug-likeness (QED) is 0.0566. The van der Waals surface area contributed by atoms with Gasteiger partial charge in [0.15, 0.2) is 6.10 Å². The highest BCUT2D eigenvalue weighted by atomic mass is 16.6. The summed E-state index contributed by atoms with van der Waals surface area (Å²) in [5.41, 5.74) is 0. The summed E-state index contributed by atoms with van der Waals surface area (Å²) in [6, 6.07) is 0. The second-order valence-corrected chi connectivity index (χ2v) is 12.9. The summed E-state index contributed by atoms with van der Waals surface area (Å²) in [6.45, 7) is 6.06. The zero-order chi connectivity index (χ0) is 31.9. The lowest BCUT2D eigenvalue weighted by Gasteiger charge is -2.19. The topological polar surface area (TPSA) is 130 Å². The molecule has 250 valence electrons. The van der Waals surface area contributed by atoms with E-state index < -0.39 is 24.9 Å². The Kier molecular flexibility index (Phi) is 22.4. The molecule has 43 heavy (non-hydrogen) atoms. The summed E-state index contributed by atoms with van der Waals surface area (Å²) >= 11 is 0. The lowest BCUT2D eigenvalue weighted by molar-refractivity contribution is -0.161. The molecule has 0 aliphatic heterocycles. The first-order chi connectivity index (χ1) is 20.7. The third-order valence-electron chi connectivity index (χ3n) is 8.39. The van der Waals surface area contributed by atoms with Crippen LogP contribution in [0.5, 0.6) is 0 Å². The van der Waals surface area contributed by atoms with Crippen molar-refractivity contribution in [1.82, 2.24) is 0 Å². The second-order valence-electron chi connectivity index (χ2n) is 12.9. The third-order valence-corrected chi connectivity index (χ3v) is 8.39. The number of hydrogen-bond donors (Lipinski definition) is 3. The molecule has 5 atom stereocenters. The number of ketones is 1. The van der Waals surface area contributed by atoms with Gasteiger partial charge in [0.05, 0.1) is 18.8 Å². The van der Waals surface area contributed by atoms with E-state index in [0.717, 1.165) is 70.1 Å². The Bertz CT molecular complexity index is 780. The Balaban J connectivity index is 2.17. The highest BCUT2D eigenvalue weighted by Gasteiger charge is 2.39. The molecule has 1 aliphatic carbocycles. The maximum absolute atomic E-state index is 12.4. The minimum Gasteiger partial charge on any atom is -0.462 e. The van der Waals surface area contributed by atoms with E-state index in [-0.39, 0.29) is 49.0 Å². The number of Topliss-reactive ketones (excluding diaryl/α,β-unsaturated/α-hetero) is 1. The Labute approximate surface area is 261 Å². The number of ether oxygens (including phenoxy) is 2. The lowest BCUT2D eigenvalue weighted by atomic mass is 9.88. The maximum atomic E-state index is 12.4. The average Bonchev–Trinajstić information content (AvgIpc) is 3.24. The Morgan fingerprint density at radius 3 is 2.14 bits per heavy atom. The van der Waals surface area contributed by atoms with Crippen LogP contribution in [0.3, 0.4) is 0 Å². The van der Waals surface area contributed by atoms with Crippen molar-refractivity contribution in [3.8, 4) is 0 Å². The SMILES string of the molecule is CCCCC[C@H](O)/C=C/[C@H]1C(=O)C[C@H](O)[C@@H]1CCCCCCC(=O)OC[C@H](CO)OC(=O)CCCCCCCCC(C)C. The van der Waals surface area contributed by atoms with Crippen molar-refractivity contribution in [2.75, 3.05) is 13.2 Å². The second kappa shape index (κ2) is 24.5. The highest BCUT2D eigenvalue weighted by Crippen LogP contribution is 2.34. The number of rotatable bonds is 26. The fourth-order valence-electron chi connectivity index (χ4n) is 5.70. The van der Waals surface area contributed by atoms with Crippen molar-refractivity contribution in [3.05, 3.63) is 12.2 Å². The molecule has 8 heteroatoms. The predicted molar refractivity (Wildman–Crippen MR) is 169 cm³/mol. The van der Waals surface area contributed by atoms with Crippen LogP contribution in [-0.2, 0) is 23.9 Å². The molecule has 0 spiro atoms. The summed E-state index contributed by atoms with van der Waals surface area (Å²) in [4.78, 5) is 36.6. The van der Waals surface area contributed by atoms with Crippen molar-refractivity contribution in [1.29, 1.82) is 0 Å². The van der Waals surface area contributed by atoms with Gasteiger partial charge in [-0.1, -0.05) is 110 Å². The molecule has 0 aromatic rings. The number of hydrogen-bond acceptors (Lipinski definition) is 8. The van der Waals surface area contributed by atoms with E-state index >= 15 is 0 Å². The number of esters is 2. The van der Waals surface area contributed by atoms with Crippen LogP contribution in [-0.4, -0.2) is 64.6 Å². The van der Waals surface area contributed by atoms with Crippen LogP contribution in [0.4, 0.5) is 0 Å². The van der Waals surface area contributed by atoms with Gasteiger partial charge in [0.2, 0.25) is 0 Å². The van der Waals surface area contributed by atoms with Crippen LogP contribution < -0.4 is 0 Å². The molecule has 3 N–H and O–H groups in total.